The van der Waals surface area contributed by atoms with Crippen LogP contribution in [0, 0.1) is 0 Å². The Hall–Kier alpha value is -2.40. The molecule has 0 radical (unpaired) electrons. The molecule has 2 aromatic rings. The van der Waals surface area contributed by atoms with Crippen LogP contribution in [-0.4, -0.2) is 20.1 Å². The van der Waals surface area contributed by atoms with E-state index in [0.717, 1.165) is 0 Å². The summed E-state index contributed by atoms with van der Waals surface area (Å²) in [5, 5.41) is 3.21. The van der Waals surface area contributed by atoms with E-state index in [1.165, 1.54) is 14.2 Å². The largest absolute Gasteiger partial charge is 0.495 e. The number of amides is 1. The van der Waals surface area contributed by atoms with E-state index >= 15 is 0 Å². The van der Waals surface area contributed by atoms with Gasteiger partial charge in [0.25, 0.3) is 5.91 Å². The van der Waals surface area contributed by atoms with Crippen LogP contribution in [0.3, 0.4) is 0 Å². The number of anilines is 2. The summed E-state index contributed by atoms with van der Waals surface area (Å²) in [6, 6.07) is 9.98. The minimum atomic E-state index is -0.337. The van der Waals surface area contributed by atoms with Crippen molar-refractivity contribution in [2.75, 3.05) is 25.3 Å². The molecule has 0 fully saturated rings. The van der Waals surface area contributed by atoms with Gasteiger partial charge in [-0.1, -0.05) is 17.7 Å². The van der Waals surface area contributed by atoms with Crippen LogP contribution in [0.5, 0.6) is 11.5 Å². The maximum atomic E-state index is 12.3. The van der Waals surface area contributed by atoms with Gasteiger partial charge in [-0.3, -0.25) is 4.79 Å². The highest BCUT2D eigenvalue weighted by molar-refractivity contribution is 6.32. The van der Waals surface area contributed by atoms with Crippen molar-refractivity contribution in [1.29, 1.82) is 0 Å². The van der Waals surface area contributed by atoms with Gasteiger partial charge in [-0.05, 0) is 24.3 Å². The number of benzene rings is 2. The van der Waals surface area contributed by atoms with Crippen molar-refractivity contribution in [2.45, 2.75) is 0 Å². The van der Waals surface area contributed by atoms with Crippen LogP contribution in [-0.2, 0) is 0 Å². The topological polar surface area (TPSA) is 73.6 Å². The molecule has 0 aliphatic heterocycles. The summed E-state index contributed by atoms with van der Waals surface area (Å²) >= 11 is 5.94. The second kappa shape index (κ2) is 6.37. The molecule has 6 heteroatoms. The lowest BCUT2D eigenvalue weighted by atomic mass is 10.1. The number of hydrogen-bond donors (Lipinski definition) is 2. The summed E-state index contributed by atoms with van der Waals surface area (Å²) in [4.78, 5) is 12.3. The molecule has 3 N–H and O–H groups in total. The Labute approximate surface area is 127 Å². The lowest BCUT2D eigenvalue weighted by Gasteiger charge is -2.11. The van der Waals surface area contributed by atoms with Gasteiger partial charge in [-0.15, -0.1) is 0 Å². The Kier molecular flexibility index (Phi) is 4.55. The molecule has 0 heterocycles. The van der Waals surface area contributed by atoms with Crippen molar-refractivity contribution >= 4 is 28.9 Å². The molecule has 2 rings (SSSR count). The monoisotopic (exact) mass is 306 g/mol. The zero-order chi connectivity index (χ0) is 15.4. The predicted molar refractivity (Wildman–Crippen MR) is 83.4 cm³/mol. The van der Waals surface area contributed by atoms with Crippen molar-refractivity contribution in [2.24, 2.45) is 0 Å². The molecule has 21 heavy (non-hydrogen) atoms. The van der Waals surface area contributed by atoms with Crippen molar-refractivity contribution in [3.63, 3.8) is 0 Å². The normalized spacial score (nSPS) is 10.0. The molecule has 0 atom stereocenters. The maximum absolute atomic E-state index is 12.3. The predicted octanol–water partition coefficient (Wildman–Crippen LogP) is 3.19. The number of halogens is 1. The second-order valence-electron chi connectivity index (χ2n) is 4.22. The van der Waals surface area contributed by atoms with Gasteiger partial charge < -0.3 is 20.5 Å². The molecule has 0 saturated carbocycles. The van der Waals surface area contributed by atoms with Crippen molar-refractivity contribution in [3.8, 4) is 11.5 Å². The molecule has 0 spiro atoms. The molecule has 0 bridgehead atoms. The first kappa shape index (κ1) is 15.0. The third-order valence-corrected chi connectivity index (χ3v) is 3.25. The van der Waals surface area contributed by atoms with E-state index in [0.29, 0.717) is 33.5 Å². The van der Waals surface area contributed by atoms with Gasteiger partial charge in [-0.2, -0.15) is 0 Å². The fourth-order valence-corrected chi connectivity index (χ4v) is 2.05. The first-order valence-electron chi connectivity index (χ1n) is 6.14. The average molecular weight is 307 g/mol. The number of para-hydroxylation sites is 1. The van der Waals surface area contributed by atoms with Crippen LogP contribution < -0.4 is 20.5 Å². The SMILES string of the molecule is COc1cc(NC(=O)c2cccc(OC)c2N)ccc1Cl. The fourth-order valence-electron chi connectivity index (χ4n) is 1.86. The molecular weight excluding hydrogens is 292 g/mol. The lowest BCUT2D eigenvalue weighted by molar-refractivity contribution is 0.102. The third kappa shape index (κ3) is 3.20. The van der Waals surface area contributed by atoms with E-state index in [9.17, 15) is 4.79 Å². The highest BCUT2D eigenvalue weighted by Crippen LogP contribution is 2.29. The van der Waals surface area contributed by atoms with Gasteiger partial charge in [0.1, 0.15) is 11.5 Å². The molecule has 0 saturated heterocycles. The standard InChI is InChI=1S/C15H15ClN2O3/c1-20-12-5-3-4-10(14(12)17)15(19)18-9-6-7-11(16)13(8-9)21-2/h3-8H,17H2,1-2H3,(H,18,19). The van der Waals surface area contributed by atoms with Gasteiger partial charge in [0.15, 0.2) is 0 Å². The average Bonchev–Trinajstić information content (AvgIpc) is 2.49. The Morgan fingerprint density at radius 2 is 1.86 bits per heavy atom. The first-order valence-corrected chi connectivity index (χ1v) is 6.52. The molecule has 0 aromatic heterocycles. The Balaban J connectivity index is 2.26. The smallest absolute Gasteiger partial charge is 0.257 e. The van der Waals surface area contributed by atoms with E-state index in [-0.39, 0.29) is 5.91 Å². The highest BCUT2D eigenvalue weighted by Gasteiger charge is 2.13. The number of carbonyl (C=O) groups is 1. The van der Waals surface area contributed by atoms with Crippen LogP contribution in [0.15, 0.2) is 36.4 Å². The number of nitrogen functional groups attached to an aromatic ring is 1. The number of nitrogens with one attached hydrogen (secondary N) is 1. The van der Waals surface area contributed by atoms with E-state index in [1.54, 1.807) is 36.4 Å². The van der Waals surface area contributed by atoms with Crippen molar-refractivity contribution < 1.29 is 14.3 Å². The number of carbonyl (C=O) groups excluding carboxylic acids is 1. The van der Waals surface area contributed by atoms with Gasteiger partial charge >= 0.3 is 0 Å². The summed E-state index contributed by atoms with van der Waals surface area (Å²) < 4.78 is 10.2. The van der Waals surface area contributed by atoms with E-state index < -0.39 is 0 Å². The van der Waals surface area contributed by atoms with Crippen LogP contribution in [0.25, 0.3) is 0 Å². The fraction of sp³-hybridized carbons (Fsp3) is 0.133. The first-order chi connectivity index (χ1) is 10.1. The van der Waals surface area contributed by atoms with Crippen LogP contribution in [0.2, 0.25) is 5.02 Å². The second-order valence-corrected chi connectivity index (χ2v) is 4.63. The molecule has 110 valence electrons. The molecule has 0 aliphatic rings. The maximum Gasteiger partial charge on any atom is 0.257 e. The quantitative estimate of drug-likeness (QED) is 0.851. The van der Waals surface area contributed by atoms with Gasteiger partial charge in [-0.25, -0.2) is 0 Å². The molecule has 0 unspecified atom stereocenters. The number of ether oxygens (including phenoxy) is 2. The Morgan fingerprint density at radius 1 is 1.14 bits per heavy atom. The van der Waals surface area contributed by atoms with Crippen LogP contribution >= 0.6 is 11.6 Å². The summed E-state index contributed by atoms with van der Waals surface area (Å²) in [7, 11) is 3.00. The van der Waals surface area contributed by atoms with Crippen LogP contribution in [0.4, 0.5) is 11.4 Å². The number of nitrogens with two attached hydrogens (primary N) is 1. The number of rotatable bonds is 4. The minimum absolute atomic E-state index is 0.290. The molecule has 1 amide bonds. The van der Waals surface area contributed by atoms with E-state index in [2.05, 4.69) is 5.32 Å². The molecule has 0 aliphatic carbocycles. The lowest BCUT2D eigenvalue weighted by Crippen LogP contribution is -2.14. The molecule has 2 aromatic carbocycles. The third-order valence-electron chi connectivity index (χ3n) is 2.94. The zero-order valence-corrected chi connectivity index (χ0v) is 12.4. The zero-order valence-electron chi connectivity index (χ0n) is 11.6. The van der Waals surface area contributed by atoms with E-state index in [1.807, 2.05) is 0 Å². The number of methoxy groups -OCH3 is 2. The van der Waals surface area contributed by atoms with Gasteiger partial charge in [0.2, 0.25) is 0 Å². The number of hydrogen-bond acceptors (Lipinski definition) is 4. The van der Waals surface area contributed by atoms with Crippen molar-refractivity contribution in [1.82, 2.24) is 0 Å². The van der Waals surface area contributed by atoms with Crippen LogP contribution in [0.1, 0.15) is 10.4 Å². The van der Waals surface area contributed by atoms with Gasteiger partial charge in [0.05, 0.1) is 30.5 Å². The summed E-state index contributed by atoms with van der Waals surface area (Å²) in [6.45, 7) is 0. The Morgan fingerprint density at radius 3 is 2.52 bits per heavy atom. The minimum Gasteiger partial charge on any atom is -0.495 e. The van der Waals surface area contributed by atoms with E-state index in [4.69, 9.17) is 26.8 Å². The summed E-state index contributed by atoms with van der Waals surface area (Å²) in [5.41, 5.74) is 7.08. The highest BCUT2D eigenvalue weighted by atomic mass is 35.5. The summed E-state index contributed by atoms with van der Waals surface area (Å²) in [6.07, 6.45) is 0. The molecular formula is C15H15ClN2O3. The Bertz CT molecular complexity index is 674. The molecule has 5 nitrogen and oxygen atoms in total. The van der Waals surface area contributed by atoms with Crippen molar-refractivity contribution in [3.05, 3.63) is 47.0 Å². The van der Waals surface area contributed by atoms with Gasteiger partial charge in [0, 0.05) is 11.8 Å². The summed E-state index contributed by atoms with van der Waals surface area (Å²) in [5.74, 6) is 0.597.